The lowest BCUT2D eigenvalue weighted by molar-refractivity contribution is -0.152. The Morgan fingerprint density at radius 3 is 2.24 bits per heavy atom. The van der Waals surface area contributed by atoms with Crippen LogP contribution in [0.1, 0.15) is 18.4 Å². The Bertz CT molecular complexity index is 817. The Kier molecular flexibility index (Phi) is 4.79. The fraction of sp³-hybridized carbons (Fsp3) is 0.368. The van der Waals surface area contributed by atoms with E-state index in [-0.39, 0.29) is 5.91 Å². The number of fused-ring (bicyclic) bond motifs is 1. The number of carboxylic acid groups (broad SMARTS) is 1. The maximum absolute atomic E-state index is 12.2. The molecule has 1 fully saturated rings. The number of carboxylic acids is 1. The van der Waals surface area contributed by atoms with Crippen LogP contribution >= 0.6 is 0 Å². The first-order valence-corrected chi connectivity index (χ1v) is 8.18. The second kappa shape index (κ2) is 7.01. The number of benzene rings is 2. The van der Waals surface area contributed by atoms with E-state index in [0.29, 0.717) is 30.9 Å². The number of rotatable bonds is 6. The van der Waals surface area contributed by atoms with Crippen LogP contribution in [0.2, 0.25) is 0 Å². The van der Waals surface area contributed by atoms with Gasteiger partial charge >= 0.3 is 5.97 Å². The summed E-state index contributed by atoms with van der Waals surface area (Å²) in [7, 11) is 3.18. The molecule has 0 aromatic heterocycles. The largest absolute Gasteiger partial charge is 0.493 e. The van der Waals surface area contributed by atoms with Crippen LogP contribution in [0, 0.1) is 11.8 Å². The van der Waals surface area contributed by atoms with E-state index in [1.807, 2.05) is 30.3 Å². The third-order valence-electron chi connectivity index (χ3n) is 4.80. The zero-order chi connectivity index (χ0) is 18.0. The van der Waals surface area contributed by atoms with Crippen molar-refractivity contribution in [1.82, 2.24) is 5.32 Å². The van der Waals surface area contributed by atoms with Gasteiger partial charge < -0.3 is 19.9 Å². The number of hydrogen-bond donors (Lipinski definition) is 2. The van der Waals surface area contributed by atoms with E-state index in [1.165, 1.54) is 0 Å². The van der Waals surface area contributed by atoms with E-state index in [1.54, 1.807) is 14.2 Å². The highest BCUT2D eigenvalue weighted by Gasteiger charge is 2.41. The molecule has 0 unspecified atom stereocenters. The van der Waals surface area contributed by atoms with Crippen LogP contribution in [0.25, 0.3) is 10.8 Å². The van der Waals surface area contributed by atoms with Crippen LogP contribution in [0.3, 0.4) is 0 Å². The molecule has 1 saturated carbocycles. The summed E-state index contributed by atoms with van der Waals surface area (Å²) in [5.74, 6) is -0.726. The molecular weight excluding hydrogens is 322 g/mol. The zero-order valence-corrected chi connectivity index (χ0v) is 14.2. The minimum absolute atomic E-state index is 0.189. The number of amides is 1. The first-order chi connectivity index (χ1) is 12.0. The van der Waals surface area contributed by atoms with Crippen molar-refractivity contribution in [2.75, 3.05) is 14.2 Å². The summed E-state index contributed by atoms with van der Waals surface area (Å²) >= 11 is 0. The minimum atomic E-state index is -0.891. The highest BCUT2D eigenvalue weighted by Crippen LogP contribution is 2.35. The summed E-state index contributed by atoms with van der Waals surface area (Å²) in [5.41, 5.74) is 0.944. The first-order valence-electron chi connectivity index (χ1n) is 8.18. The Hall–Kier alpha value is -2.76. The fourth-order valence-corrected chi connectivity index (χ4v) is 3.16. The number of carbonyl (C=O) groups excluding carboxylic acids is 1. The highest BCUT2D eigenvalue weighted by molar-refractivity contribution is 5.88. The molecule has 2 atom stereocenters. The molecule has 0 saturated heterocycles. The van der Waals surface area contributed by atoms with Gasteiger partial charge in [-0.2, -0.15) is 0 Å². The van der Waals surface area contributed by atoms with E-state index in [2.05, 4.69) is 5.32 Å². The maximum Gasteiger partial charge on any atom is 0.307 e. The number of nitrogens with one attached hydrogen (secondary N) is 1. The molecule has 6 nitrogen and oxygen atoms in total. The normalized spacial score (nSPS) is 19.1. The molecule has 6 heteroatoms. The summed E-state index contributed by atoms with van der Waals surface area (Å²) in [6.45, 7) is 0.367. The van der Waals surface area contributed by atoms with Crippen molar-refractivity contribution >= 4 is 22.6 Å². The number of hydrogen-bond acceptors (Lipinski definition) is 4. The van der Waals surface area contributed by atoms with E-state index in [0.717, 1.165) is 16.3 Å². The van der Waals surface area contributed by atoms with Gasteiger partial charge in [-0.25, -0.2) is 0 Å². The zero-order valence-electron chi connectivity index (χ0n) is 14.2. The van der Waals surface area contributed by atoms with E-state index >= 15 is 0 Å². The Labute approximate surface area is 145 Å². The lowest BCUT2D eigenvalue weighted by Gasteiger charge is -2.31. The predicted molar refractivity (Wildman–Crippen MR) is 92.7 cm³/mol. The maximum atomic E-state index is 12.2. The lowest BCUT2D eigenvalue weighted by atomic mass is 9.73. The van der Waals surface area contributed by atoms with Gasteiger partial charge in [0, 0.05) is 6.54 Å². The van der Waals surface area contributed by atoms with Gasteiger partial charge in [-0.3, -0.25) is 9.59 Å². The number of carbonyl (C=O) groups is 2. The minimum Gasteiger partial charge on any atom is -0.493 e. The van der Waals surface area contributed by atoms with Gasteiger partial charge in [0.2, 0.25) is 5.91 Å². The van der Waals surface area contributed by atoms with Crippen LogP contribution in [-0.4, -0.2) is 31.2 Å². The van der Waals surface area contributed by atoms with Crippen molar-refractivity contribution in [1.29, 1.82) is 0 Å². The summed E-state index contributed by atoms with van der Waals surface area (Å²) in [5, 5.41) is 13.9. The Morgan fingerprint density at radius 1 is 1.04 bits per heavy atom. The van der Waals surface area contributed by atoms with Gasteiger partial charge in [0.05, 0.1) is 26.1 Å². The quantitative estimate of drug-likeness (QED) is 0.842. The number of methoxy groups -OCH3 is 2. The third kappa shape index (κ3) is 3.38. The second-order valence-electron chi connectivity index (χ2n) is 6.24. The van der Waals surface area contributed by atoms with Crippen molar-refractivity contribution in [2.45, 2.75) is 19.4 Å². The molecule has 0 heterocycles. The van der Waals surface area contributed by atoms with Crippen molar-refractivity contribution < 1.29 is 24.2 Å². The van der Waals surface area contributed by atoms with Gasteiger partial charge in [0.15, 0.2) is 11.5 Å². The van der Waals surface area contributed by atoms with Crippen LogP contribution in [0.4, 0.5) is 0 Å². The van der Waals surface area contributed by atoms with Gasteiger partial charge in [-0.1, -0.05) is 12.1 Å². The molecule has 3 rings (SSSR count). The molecule has 2 aromatic rings. The SMILES string of the molecule is COc1cc2ccc(CNC(=O)[C@@H]3CC[C@@H]3C(=O)O)cc2cc1OC. The molecule has 0 radical (unpaired) electrons. The third-order valence-corrected chi connectivity index (χ3v) is 4.80. The summed E-state index contributed by atoms with van der Waals surface area (Å²) in [6, 6.07) is 9.67. The standard InChI is InChI=1S/C19H21NO5/c1-24-16-8-12-4-3-11(7-13(12)9-17(16)25-2)10-20-18(21)14-5-6-15(14)19(22)23/h3-4,7-9,14-15H,5-6,10H2,1-2H3,(H,20,21)(H,22,23)/t14-,15+/m1/s1. The van der Waals surface area contributed by atoms with Gasteiger partial charge in [0.1, 0.15) is 0 Å². The number of ether oxygens (including phenoxy) is 2. The Morgan fingerprint density at radius 2 is 1.68 bits per heavy atom. The average Bonchev–Trinajstić information content (AvgIpc) is 2.56. The van der Waals surface area contributed by atoms with Crippen molar-refractivity contribution in [3.63, 3.8) is 0 Å². The lowest BCUT2D eigenvalue weighted by Crippen LogP contribution is -2.43. The summed E-state index contributed by atoms with van der Waals surface area (Å²) in [6.07, 6.45) is 1.21. The van der Waals surface area contributed by atoms with Gasteiger partial charge in [-0.05, 0) is 47.4 Å². The van der Waals surface area contributed by atoms with Gasteiger partial charge in [-0.15, -0.1) is 0 Å². The molecule has 25 heavy (non-hydrogen) atoms. The monoisotopic (exact) mass is 343 g/mol. The van der Waals surface area contributed by atoms with Crippen LogP contribution in [-0.2, 0) is 16.1 Å². The van der Waals surface area contributed by atoms with Gasteiger partial charge in [0.25, 0.3) is 0 Å². The van der Waals surface area contributed by atoms with Crippen LogP contribution in [0.5, 0.6) is 11.5 Å². The summed E-state index contributed by atoms with van der Waals surface area (Å²) < 4.78 is 10.6. The molecular formula is C19H21NO5. The predicted octanol–water partition coefficient (Wildman–Crippen LogP) is 2.58. The van der Waals surface area contributed by atoms with Crippen molar-refractivity contribution in [3.8, 4) is 11.5 Å². The molecule has 132 valence electrons. The van der Waals surface area contributed by atoms with Crippen molar-refractivity contribution in [2.24, 2.45) is 11.8 Å². The smallest absolute Gasteiger partial charge is 0.307 e. The molecule has 0 aliphatic heterocycles. The fourth-order valence-electron chi connectivity index (χ4n) is 3.16. The highest BCUT2D eigenvalue weighted by atomic mass is 16.5. The molecule has 1 aliphatic rings. The van der Waals surface area contributed by atoms with Crippen LogP contribution in [0.15, 0.2) is 30.3 Å². The van der Waals surface area contributed by atoms with E-state index < -0.39 is 17.8 Å². The average molecular weight is 343 g/mol. The molecule has 1 amide bonds. The molecule has 1 aliphatic carbocycles. The topological polar surface area (TPSA) is 84.9 Å². The Balaban J connectivity index is 1.71. The van der Waals surface area contributed by atoms with Crippen LogP contribution < -0.4 is 14.8 Å². The first kappa shape index (κ1) is 17.1. The molecule has 2 aromatic carbocycles. The molecule has 2 N–H and O–H groups in total. The summed E-state index contributed by atoms with van der Waals surface area (Å²) in [4.78, 5) is 23.2. The van der Waals surface area contributed by atoms with E-state index in [4.69, 9.17) is 14.6 Å². The number of aliphatic carboxylic acids is 1. The molecule has 0 bridgehead atoms. The second-order valence-corrected chi connectivity index (χ2v) is 6.24. The molecule has 0 spiro atoms. The van der Waals surface area contributed by atoms with Crippen molar-refractivity contribution in [3.05, 3.63) is 35.9 Å². The van der Waals surface area contributed by atoms with E-state index in [9.17, 15) is 9.59 Å².